The van der Waals surface area contributed by atoms with Crippen molar-refractivity contribution in [1.82, 2.24) is 10.6 Å². The highest BCUT2D eigenvalue weighted by Gasteiger charge is 2.25. The number of benzene rings is 2. The van der Waals surface area contributed by atoms with Gasteiger partial charge in [0.15, 0.2) is 5.96 Å². The van der Waals surface area contributed by atoms with E-state index in [-0.39, 0.29) is 35.8 Å². The van der Waals surface area contributed by atoms with Gasteiger partial charge < -0.3 is 25.2 Å². The zero-order valence-corrected chi connectivity index (χ0v) is 20.3. The fraction of sp³-hybridized carbons (Fsp3) is 0.409. The minimum absolute atomic E-state index is 0. The predicted molar refractivity (Wildman–Crippen MR) is 133 cm³/mol. The van der Waals surface area contributed by atoms with Crippen LogP contribution in [0.25, 0.3) is 0 Å². The highest BCUT2D eigenvalue weighted by molar-refractivity contribution is 14.0. The van der Waals surface area contributed by atoms with E-state index in [0.717, 1.165) is 36.5 Å². The summed E-state index contributed by atoms with van der Waals surface area (Å²) in [7, 11) is 7.11. The van der Waals surface area contributed by atoms with Crippen molar-refractivity contribution in [2.24, 2.45) is 4.99 Å². The van der Waals surface area contributed by atoms with Gasteiger partial charge in [-0.3, -0.25) is 4.99 Å². The Labute approximate surface area is 195 Å². The number of nitrogens with one attached hydrogen (secondary N) is 2. The average molecular weight is 527 g/mol. The second kappa shape index (κ2) is 11.2. The second-order valence-electron chi connectivity index (χ2n) is 7.35. The van der Waals surface area contributed by atoms with Crippen LogP contribution in [0, 0.1) is 5.82 Å². The van der Waals surface area contributed by atoms with E-state index in [1.807, 2.05) is 38.4 Å². The number of nitrogens with zero attached hydrogens (tertiary/aromatic N) is 3. The Bertz CT molecular complexity index is 861. The standard InChI is InChI=1S/C22H30FN5O.HI/c1-24-22(25-14-16-9-10-19(27(2)3)18(23)13-16)26-17-11-12-28(15-17)20-7-5-6-8-21(20)29-4;/h5-10,13,17H,11-12,14-15H2,1-4H3,(H2,24,25,26);1H. The smallest absolute Gasteiger partial charge is 0.191 e. The summed E-state index contributed by atoms with van der Waals surface area (Å²) >= 11 is 0. The van der Waals surface area contributed by atoms with Crippen LogP contribution in [0.5, 0.6) is 5.75 Å². The van der Waals surface area contributed by atoms with Crippen molar-refractivity contribution >= 4 is 41.3 Å². The zero-order valence-electron chi connectivity index (χ0n) is 18.0. The lowest BCUT2D eigenvalue weighted by Gasteiger charge is -2.22. The monoisotopic (exact) mass is 527 g/mol. The molecular formula is C22H31FIN5O. The number of hydrogen-bond acceptors (Lipinski definition) is 4. The number of hydrogen-bond donors (Lipinski definition) is 2. The molecule has 1 unspecified atom stereocenters. The van der Waals surface area contributed by atoms with Gasteiger partial charge >= 0.3 is 0 Å². The highest BCUT2D eigenvalue weighted by atomic mass is 127. The quantitative estimate of drug-likeness (QED) is 0.343. The van der Waals surface area contributed by atoms with Crippen LogP contribution in [0.15, 0.2) is 47.5 Å². The first-order valence-corrected chi connectivity index (χ1v) is 9.82. The summed E-state index contributed by atoms with van der Waals surface area (Å²) in [6.45, 7) is 2.33. The predicted octanol–water partition coefficient (Wildman–Crippen LogP) is 3.46. The topological polar surface area (TPSA) is 52.1 Å². The van der Waals surface area contributed by atoms with Crippen molar-refractivity contribution in [3.8, 4) is 5.75 Å². The first-order chi connectivity index (χ1) is 14.0. The molecule has 0 spiro atoms. The van der Waals surface area contributed by atoms with Crippen LogP contribution in [-0.4, -0.2) is 53.3 Å². The fourth-order valence-corrected chi connectivity index (χ4v) is 3.58. The van der Waals surface area contributed by atoms with Gasteiger partial charge in [0, 0.05) is 46.8 Å². The van der Waals surface area contributed by atoms with Gasteiger partial charge in [0.2, 0.25) is 0 Å². The third kappa shape index (κ3) is 5.90. The fourth-order valence-electron chi connectivity index (χ4n) is 3.58. The molecule has 0 aromatic heterocycles. The molecule has 0 aliphatic carbocycles. The number of guanidine groups is 1. The maximum Gasteiger partial charge on any atom is 0.191 e. The van der Waals surface area contributed by atoms with Crippen molar-refractivity contribution in [2.75, 3.05) is 51.1 Å². The summed E-state index contributed by atoms with van der Waals surface area (Å²) in [6, 6.07) is 13.6. The van der Waals surface area contributed by atoms with E-state index in [4.69, 9.17) is 4.74 Å². The lowest BCUT2D eigenvalue weighted by molar-refractivity contribution is 0.415. The molecule has 1 fully saturated rings. The molecule has 1 aliphatic heterocycles. The molecule has 0 radical (unpaired) electrons. The van der Waals surface area contributed by atoms with E-state index < -0.39 is 0 Å². The first-order valence-electron chi connectivity index (χ1n) is 9.82. The molecule has 8 heteroatoms. The summed E-state index contributed by atoms with van der Waals surface area (Å²) in [5, 5.41) is 6.75. The van der Waals surface area contributed by atoms with Crippen molar-refractivity contribution in [3.05, 3.63) is 53.8 Å². The lowest BCUT2D eigenvalue weighted by Crippen LogP contribution is -2.44. The van der Waals surface area contributed by atoms with Gasteiger partial charge in [-0.05, 0) is 36.2 Å². The van der Waals surface area contributed by atoms with E-state index in [0.29, 0.717) is 18.2 Å². The number of halogens is 2. The van der Waals surface area contributed by atoms with Crippen molar-refractivity contribution < 1.29 is 9.13 Å². The van der Waals surface area contributed by atoms with Gasteiger partial charge in [0.25, 0.3) is 0 Å². The van der Waals surface area contributed by atoms with Crippen LogP contribution in [0.2, 0.25) is 0 Å². The average Bonchev–Trinajstić information content (AvgIpc) is 3.19. The molecule has 0 saturated carbocycles. The first kappa shape index (κ1) is 24.0. The van der Waals surface area contributed by atoms with Crippen LogP contribution in [-0.2, 0) is 6.54 Å². The molecule has 1 heterocycles. The van der Waals surface area contributed by atoms with Crippen LogP contribution in [0.1, 0.15) is 12.0 Å². The molecule has 1 saturated heterocycles. The van der Waals surface area contributed by atoms with E-state index in [1.54, 1.807) is 31.2 Å². The Morgan fingerprint density at radius 2 is 2.03 bits per heavy atom. The molecule has 2 aromatic carbocycles. The largest absolute Gasteiger partial charge is 0.495 e. The molecule has 2 N–H and O–H groups in total. The Morgan fingerprint density at radius 1 is 1.27 bits per heavy atom. The van der Waals surface area contributed by atoms with Crippen molar-refractivity contribution in [1.29, 1.82) is 0 Å². The van der Waals surface area contributed by atoms with E-state index in [2.05, 4.69) is 26.6 Å². The van der Waals surface area contributed by atoms with Crippen LogP contribution in [0.4, 0.5) is 15.8 Å². The SMILES string of the molecule is CN=C(NCc1ccc(N(C)C)c(F)c1)NC1CCN(c2ccccc2OC)C1.I. The van der Waals surface area contributed by atoms with Crippen molar-refractivity contribution in [2.45, 2.75) is 19.0 Å². The summed E-state index contributed by atoms with van der Waals surface area (Å²) in [4.78, 5) is 8.40. The third-order valence-electron chi connectivity index (χ3n) is 5.13. The van der Waals surface area contributed by atoms with Gasteiger partial charge in [-0.15, -0.1) is 24.0 Å². The maximum absolute atomic E-state index is 14.2. The van der Waals surface area contributed by atoms with E-state index in [9.17, 15) is 4.39 Å². The number of aliphatic imine (C=N–C) groups is 1. The molecule has 164 valence electrons. The van der Waals surface area contributed by atoms with Gasteiger partial charge in [-0.25, -0.2) is 4.39 Å². The van der Waals surface area contributed by atoms with Crippen LogP contribution >= 0.6 is 24.0 Å². The minimum Gasteiger partial charge on any atom is -0.495 e. The highest BCUT2D eigenvalue weighted by Crippen LogP contribution is 2.30. The Balaban J connectivity index is 0.00000320. The molecule has 2 aromatic rings. The molecule has 0 bridgehead atoms. The molecular weight excluding hydrogens is 496 g/mol. The number of para-hydroxylation sites is 2. The summed E-state index contributed by atoms with van der Waals surface area (Å²) in [5.74, 6) is 1.38. The molecule has 1 atom stereocenters. The number of methoxy groups -OCH3 is 1. The van der Waals surface area contributed by atoms with Gasteiger partial charge in [-0.2, -0.15) is 0 Å². The normalized spacial score (nSPS) is 16.1. The number of ether oxygens (including phenoxy) is 1. The van der Waals surface area contributed by atoms with E-state index >= 15 is 0 Å². The van der Waals surface area contributed by atoms with Crippen molar-refractivity contribution in [3.63, 3.8) is 0 Å². The number of anilines is 2. The summed E-state index contributed by atoms with van der Waals surface area (Å²) in [5.41, 5.74) is 2.57. The van der Waals surface area contributed by atoms with Crippen LogP contribution < -0.4 is 25.2 Å². The molecule has 30 heavy (non-hydrogen) atoms. The summed E-state index contributed by atoms with van der Waals surface area (Å²) in [6.07, 6.45) is 1.00. The van der Waals surface area contributed by atoms with Gasteiger partial charge in [0.1, 0.15) is 11.6 Å². The zero-order chi connectivity index (χ0) is 20.8. The van der Waals surface area contributed by atoms with E-state index in [1.165, 1.54) is 0 Å². The molecule has 1 aliphatic rings. The maximum atomic E-state index is 14.2. The lowest BCUT2D eigenvalue weighted by atomic mass is 10.2. The molecule has 0 amide bonds. The summed E-state index contributed by atoms with van der Waals surface area (Å²) < 4.78 is 19.7. The third-order valence-corrected chi connectivity index (χ3v) is 5.13. The van der Waals surface area contributed by atoms with Crippen LogP contribution in [0.3, 0.4) is 0 Å². The molecule has 6 nitrogen and oxygen atoms in total. The number of rotatable bonds is 6. The Hall–Kier alpha value is -2.23. The van der Waals surface area contributed by atoms with Gasteiger partial charge in [-0.1, -0.05) is 18.2 Å². The second-order valence-corrected chi connectivity index (χ2v) is 7.35. The Morgan fingerprint density at radius 3 is 2.70 bits per heavy atom. The van der Waals surface area contributed by atoms with Gasteiger partial charge in [0.05, 0.1) is 18.5 Å². The molecule has 3 rings (SSSR count). The minimum atomic E-state index is -0.222. The Kier molecular flexibility index (Phi) is 9.01.